The van der Waals surface area contributed by atoms with Crippen LogP contribution in [0.2, 0.25) is 0 Å². The van der Waals surface area contributed by atoms with Gasteiger partial charge in [0.1, 0.15) is 6.04 Å². The number of nitrogens with one attached hydrogen (secondary N) is 1. The smallest absolute Gasteiger partial charge is 0.328 e. The fourth-order valence-corrected chi connectivity index (χ4v) is 1.76. The first-order valence-corrected chi connectivity index (χ1v) is 6.30. The highest BCUT2D eigenvalue weighted by atomic mass is 19.1. The Morgan fingerprint density at radius 3 is 2.68 bits per heavy atom. The van der Waals surface area contributed by atoms with Crippen molar-refractivity contribution in [2.75, 3.05) is 19.5 Å². The molecule has 1 rings (SSSR count). The fourth-order valence-electron chi connectivity index (χ4n) is 1.76. The zero-order valence-corrected chi connectivity index (χ0v) is 11.5. The Morgan fingerprint density at radius 2 is 2.16 bits per heavy atom. The van der Waals surface area contributed by atoms with Gasteiger partial charge in [-0.15, -0.1) is 0 Å². The van der Waals surface area contributed by atoms with Gasteiger partial charge in [0.25, 0.3) is 0 Å². The number of anilines is 1. The van der Waals surface area contributed by atoms with E-state index in [-0.39, 0.29) is 11.7 Å². The summed E-state index contributed by atoms with van der Waals surface area (Å²) < 4.78 is 23.1. The Morgan fingerprint density at radius 1 is 1.42 bits per heavy atom. The molecule has 0 aliphatic rings. The summed E-state index contributed by atoms with van der Waals surface area (Å²) in [5.41, 5.74) is 0.532. The molecule has 0 heterocycles. The number of methoxy groups -OCH3 is 2. The summed E-state index contributed by atoms with van der Waals surface area (Å²) in [6.07, 6.45) is 2.52. The maximum atomic E-state index is 13.6. The molecule has 1 unspecified atom stereocenters. The van der Waals surface area contributed by atoms with Gasteiger partial charge in [-0.1, -0.05) is 19.8 Å². The van der Waals surface area contributed by atoms with Crippen LogP contribution in [-0.2, 0) is 9.53 Å². The van der Waals surface area contributed by atoms with Crippen LogP contribution >= 0.6 is 0 Å². The predicted molar refractivity (Wildman–Crippen MR) is 71.9 cm³/mol. The number of hydrogen-bond acceptors (Lipinski definition) is 4. The lowest BCUT2D eigenvalue weighted by molar-refractivity contribution is -0.141. The molecular weight excluding hydrogens is 249 g/mol. The summed E-state index contributed by atoms with van der Waals surface area (Å²) in [6.45, 7) is 2.04. The highest BCUT2D eigenvalue weighted by Crippen LogP contribution is 2.22. The van der Waals surface area contributed by atoms with E-state index in [0.717, 1.165) is 12.8 Å². The van der Waals surface area contributed by atoms with Crippen LogP contribution in [-0.4, -0.2) is 26.2 Å². The largest absolute Gasteiger partial charge is 0.494 e. The zero-order chi connectivity index (χ0) is 14.3. The van der Waals surface area contributed by atoms with Crippen molar-refractivity contribution in [1.82, 2.24) is 0 Å². The SMILES string of the molecule is CCCCC(Nc1ccc(OC)c(F)c1)C(=O)OC. The van der Waals surface area contributed by atoms with Crippen LogP contribution in [0.4, 0.5) is 10.1 Å². The third-order valence-corrected chi connectivity index (χ3v) is 2.82. The average molecular weight is 269 g/mol. The van der Waals surface area contributed by atoms with E-state index < -0.39 is 11.9 Å². The normalized spacial score (nSPS) is 11.8. The Kier molecular flexibility index (Phi) is 6.12. The van der Waals surface area contributed by atoms with Gasteiger partial charge in [0.05, 0.1) is 14.2 Å². The third-order valence-electron chi connectivity index (χ3n) is 2.82. The molecule has 4 nitrogen and oxygen atoms in total. The minimum Gasteiger partial charge on any atom is -0.494 e. The number of esters is 1. The second-order valence-corrected chi connectivity index (χ2v) is 4.21. The Bertz CT molecular complexity index is 423. The van der Waals surface area contributed by atoms with Crippen molar-refractivity contribution in [3.63, 3.8) is 0 Å². The summed E-state index contributed by atoms with van der Waals surface area (Å²) in [7, 11) is 2.75. The molecule has 5 heteroatoms. The number of carbonyl (C=O) groups excluding carboxylic acids is 1. The first-order chi connectivity index (χ1) is 9.12. The number of unbranched alkanes of at least 4 members (excludes halogenated alkanes) is 1. The summed E-state index contributed by atoms with van der Waals surface area (Å²) in [6, 6.07) is 4.04. The number of hydrogen-bond donors (Lipinski definition) is 1. The second-order valence-electron chi connectivity index (χ2n) is 4.21. The van der Waals surface area contributed by atoms with Gasteiger partial charge in [-0.25, -0.2) is 9.18 Å². The van der Waals surface area contributed by atoms with Gasteiger partial charge in [-0.3, -0.25) is 0 Å². The molecule has 0 bridgehead atoms. The molecule has 0 saturated heterocycles. The van der Waals surface area contributed by atoms with Crippen LogP contribution in [0, 0.1) is 5.82 Å². The minimum absolute atomic E-state index is 0.175. The summed E-state index contributed by atoms with van der Waals surface area (Å²) >= 11 is 0. The molecule has 0 aliphatic carbocycles. The quantitative estimate of drug-likeness (QED) is 0.773. The Hall–Kier alpha value is -1.78. The van der Waals surface area contributed by atoms with Crippen molar-refractivity contribution in [2.45, 2.75) is 32.2 Å². The molecule has 0 aromatic heterocycles. The molecule has 0 saturated carbocycles. The molecule has 0 spiro atoms. The topological polar surface area (TPSA) is 47.6 Å². The predicted octanol–water partition coefficient (Wildman–Crippen LogP) is 2.98. The number of ether oxygens (including phenoxy) is 2. The summed E-state index contributed by atoms with van der Waals surface area (Å²) in [5, 5.41) is 2.99. The molecule has 1 atom stereocenters. The van der Waals surface area contributed by atoms with Crippen molar-refractivity contribution in [3.05, 3.63) is 24.0 Å². The first-order valence-electron chi connectivity index (χ1n) is 6.30. The van der Waals surface area contributed by atoms with Crippen molar-refractivity contribution in [3.8, 4) is 5.75 Å². The van der Waals surface area contributed by atoms with E-state index in [2.05, 4.69) is 5.32 Å². The maximum absolute atomic E-state index is 13.6. The lowest BCUT2D eigenvalue weighted by Crippen LogP contribution is -2.30. The average Bonchev–Trinajstić information content (AvgIpc) is 2.42. The molecule has 0 fully saturated rings. The molecule has 106 valence electrons. The molecule has 1 aromatic carbocycles. The van der Waals surface area contributed by atoms with Gasteiger partial charge in [0, 0.05) is 11.8 Å². The molecular formula is C14H20FNO3. The van der Waals surface area contributed by atoms with E-state index in [0.29, 0.717) is 12.1 Å². The van der Waals surface area contributed by atoms with Crippen molar-refractivity contribution < 1.29 is 18.7 Å². The number of rotatable bonds is 7. The second kappa shape index (κ2) is 7.61. The monoisotopic (exact) mass is 269 g/mol. The van der Waals surface area contributed by atoms with E-state index >= 15 is 0 Å². The van der Waals surface area contributed by atoms with Crippen LogP contribution in [0.3, 0.4) is 0 Å². The minimum atomic E-state index is -0.466. The van der Waals surface area contributed by atoms with Gasteiger partial charge in [-0.2, -0.15) is 0 Å². The molecule has 1 N–H and O–H groups in total. The van der Waals surface area contributed by atoms with Gasteiger partial charge in [0.15, 0.2) is 11.6 Å². The van der Waals surface area contributed by atoms with Gasteiger partial charge >= 0.3 is 5.97 Å². The Balaban J connectivity index is 2.77. The molecule has 0 amide bonds. The number of benzene rings is 1. The summed E-state index contributed by atoms with van der Waals surface area (Å²) in [4.78, 5) is 11.6. The van der Waals surface area contributed by atoms with E-state index in [9.17, 15) is 9.18 Å². The number of carbonyl (C=O) groups is 1. The Labute approximate surface area is 112 Å². The molecule has 0 aliphatic heterocycles. The van der Waals surface area contributed by atoms with Crippen LogP contribution in [0.5, 0.6) is 5.75 Å². The highest BCUT2D eigenvalue weighted by molar-refractivity contribution is 5.79. The fraction of sp³-hybridized carbons (Fsp3) is 0.500. The van der Waals surface area contributed by atoms with Crippen LogP contribution < -0.4 is 10.1 Å². The van der Waals surface area contributed by atoms with Gasteiger partial charge in [0.2, 0.25) is 0 Å². The molecule has 0 radical (unpaired) electrons. The van der Waals surface area contributed by atoms with Crippen molar-refractivity contribution in [2.24, 2.45) is 0 Å². The van der Waals surface area contributed by atoms with Crippen LogP contribution in [0.15, 0.2) is 18.2 Å². The summed E-state index contributed by atoms with van der Waals surface area (Å²) in [5.74, 6) is -0.634. The zero-order valence-electron chi connectivity index (χ0n) is 11.5. The lowest BCUT2D eigenvalue weighted by Gasteiger charge is -2.17. The molecule has 1 aromatic rings. The first kappa shape index (κ1) is 15.3. The van der Waals surface area contributed by atoms with E-state index in [1.165, 1.54) is 26.4 Å². The van der Waals surface area contributed by atoms with E-state index in [1.54, 1.807) is 6.07 Å². The standard InChI is InChI=1S/C14H20FNO3/c1-4-5-6-12(14(17)19-3)16-10-7-8-13(18-2)11(15)9-10/h7-9,12,16H,4-6H2,1-3H3. The lowest BCUT2D eigenvalue weighted by atomic mass is 10.1. The van der Waals surface area contributed by atoms with Crippen LogP contribution in [0.25, 0.3) is 0 Å². The van der Waals surface area contributed by atoms with Gasteiger partial charge in [-0.05, 0) is 18.6 Å². The molecule has 19 heavy (non-hydrogen) atoms. The van der Waals surface area contributed by atoms with E-state index in [1.807, 2.05) is 6.92 Å². The van der Waals surface area contributed by atoms with Crippen molar-refractivity contribution in [1.29, 1.82) is 0 Å². The number of halogens is 1. The van der Waals surface area contributed by atoms with Crippen LogP contribution in [0.1, 0.15) is 26.2 Å². The maximum Gasteiger partial charge on any atom is 0.328 e. The van der Waals surface area contributed by atoms with Gasteiger partial charge < -0.3 is 14.8 Å². The highest BCUT2D eigenvalue weighted by Gasteiger charge is 2.18. The van der Waals surface area contributed by atoms with Crippen molar-refractivity contribution >= 4 is 11.7 Å². The van der Waals surface area contributed by atoms with E-state index in [4.69, 9.17) is 9.47 Å². The third kappa shape index (κ3) is 4.43.